The Morgan fingerprint density at radius 1 is 1.05 bits per heavy atom. The van der Waals surface area contributed by atoms with Crippen molar-refractivity contribution >= 4 is 10.1 Å². The van der Waals surface area contributed by atoms with Gasteiger partial charge in [0, 0.05) is 0 Å². The molecule has 20 heavy (non-hydrogen) atoms. The summed E-state index contributed by atoms with van der Waals surface area (Å²) in [7, 11) is -4.49. The summed E-state index contributed by atoms with van der Waals surface area (Å²) in [5.41, 5.74) is 0. The Morgan fingerprint density at radius 2 is 1.60 bits per heavy atom. The van der Waals surface area contributed by atoms with Gasteiger partial charge in [0.2, 0.25) is 0 Å². The van der Waals surface area contributed by atoms with Gasteiger partial charge in [0.1, 0.15) is 36.3 Å². The number of aliphatic hydroxyl groups is 5. The van der Waals surface area contributed by atoms with E-state index in [2.05, 4.69) is 0 Å². The third-order valence-corrected chi connectivity index (χ3v) is 3.53. The second-order valence-corrected chi connectivity index (χ2v) is 5.88. The Hall–Kier alpha value is -0.370. The molecule has 1 heterocycles. The zero-order valence-electron chi connectivity index (χ0n) is 10.3. The highest BCUT2D eigenvalue weighted by atomic mass is 32.2. The maximum absolute atomic E-state index is 10.8. The van der Waals surface area contributed by atoms with Gasteiger partial charge in [0.25, 0.3) is 10.1 Å². The van der Waals surface area contributed by atoms with Crippen LogP contribution in [0.25, 0.3) is 0 Å². The Kier molecular flexibility index (Phi) is 6.25. The molecule has 0 aromatic carbocycles. The minimum absolute atomic E-state index is 0.606. The van der Waals surface area contributed by atoms with E-state index in [1.807, 2.05) is 0 Å². The van der Waals surface area contributed by atoms with Crippen LogP contribution in [-0.4, -0.2) is 94.3 Å². The molecule has 0 aromatic heterocycles. The third kappa shape index (κ3) is 4.58. The molecule has 0 bridgehead atoms. The Bertz CT molecular complexity index is 394. The van der Waals surface area contributed by atoms with Crippen molar-refractivity contribution in [3.63, 3.8) is 0 Å². The van der Waals surface area contributed by atoms with Gasteiger partial charge in [-0.3, -0.25) is 4.55 Å². The van der Waals surface area contributed by atoms with Crippen LogP contribution in [0.4, 0.5) is 0 Å². The van der Waals surface area contributed by atoms with Crippen LogP contribution < -0.4 is 0 Å². The van der Waals surface area contributed by atoms with E-state index >= 15 is 0 Å². The highest BCUT2D eigenvalue weighted by Gasteiger charge is 2.46. The van der Waals surface area contributed by atoms with E-state index in [4.69, 9.17) is 24.2 Å². The van der Waals surface area contributed by atoms with Crippen molar-refractivity contribution in [3.05, 3.63) is 0 Å². The first-order valence-corrected chi connectivity index (χ1v) is 7.32. The molecule has 10 nitrogen and oxygen atoms in total. The Morgan fingerprint density at radius 3 is 2.05 bits per heavy atom. The minimum Gasteiger partial charge on any atom is -0.394 e. The van der Waals surface area contributed by atoms with Crippen LogP contribution in [0.2, 0.25) is 0 Å². The van der Waals surface area contributed by atoms with Crippen LogP contribution >= 0.6 is 0 Å². The zero-order chi connectivity index (χ0) is 15.5. The van der Waals surface area contributed by atoms with E-state index in [0.717, 1.165) is 0 Å². The third-order valence-electron chi connectivity index (χ3n) is 2.78. The van der Waals surface area contributed by atoms with Crippen molar-refractivity contribution in [1.82, 2.24) is 0 Å². The number of ether oxygens (including phenoxy) is 2. The SMILES string of the molecule is O=S(=O)(O)C[C@H]1O[C@@H](OC(CO)CO)[C@H](O)[C@@H](O)[C@@H]1O. The van der Waals surface area contributed by atoms with Crippen LogP contribution in [0.15, 0.2) is 0 Å². The molecule has 0 aliphatic carbocycles. The Balaban J connectivity index is 2.80. The van der Waals surface area contributed by atoms with E-state index in [9.17, 15) is 23.7 Å². The maximum Gasteiger partial charge on any atom is 0.267 e. The van der Waals surface area contributed by atoms with Crippen LogP contribution in [0.5, 0.6) is 0 Å². The molecule has 120 valence electrons. The predicted molar refractivity (Wildman–Crippen MR) is 62.1 cm³/mol. The fraction of sp³-hybridized carbons (Fsp3) is 1.00. The lowest BCUT2D eigenvalue weighted by Crippen LogP contribution is -2.60. The average Bonchev–Trinajstić information content (AvgIpc) is 2.36. The number of hydrogen-bond acceptors (Lipinski definition) is 9. The summed E-state index contributed by atoms with van der Waals surface area (Å²) in [6, 6.07) is 0. The predicted octanol–water partition coefficient (Wildman–Crippen LogP) is -3.95. The second-order valence-electron chi connectivity index (χ2n) is 4.39. The highest BCUT2D eigenvalue weighted by Crippen LogP contribution is 2.23. The lowest BCUT2D eigenvalue weighted by Gasteiger charge is -2.40. The quantitative estimate of drug-likeness (QED) is 0.265. The van der Waals surface area contributed by atoms with E-state index in [-0.39, 0.29) is 0 Å². The molecule has 0 aromatic rings. The summed E-state index contributed by atoms with van der Waals surface area (Å²) in [6.07, 6.45) is -9.49. The van der Waals surface area contributed by atoms with Gasteiger partial charge in [-0.1, -0.05) is 0 Å². The molecular weight excluding hydrogens is 300 g/mol. The monoisotopic (exact) mass is 318 g/mol. The molecule has 5 atom stereocenters. The minimum atomic E-state index is -4.49. The molecule has 0 saturated carbocycles. The summed E-state index contributed by atoms with van der Waals surface area (Å²) in [5, 5.41) is 46.5. The first-order chi connectivity index (χ1) is 9.19. The summed E-state index contributed by atoms with van der Waals surface area (Å²) in [4.78, 5) is 0. The zero-order valence-corrected chi connectivity index (χ0v) is 11.1. The van der Waals surface area contributed by atoms with E-state index in [1.165, 1.54) is 0 Å². The fourth-order valence-corrected chi connectivity index (χ4v) is 2.40. The van der Waals surface area contributed by atoms with Crippen LogP contribution in [0.1, 0.15) is 0 Å². The standard InChI is InChI=1S/C9H18O10S/c10-1-4(2-11)18-9-8(14)7(13)6(12)5(19-9)3-20(15,16)17/h4-14H,1-3H2,(H,15,16,17)/t5-,6-,7+,8-,9-/m1/s1. The van der Waals surface area contributed by atoms with Gasteiger partial charge in [-0.2, -0.15) is 8.42 Å². The summed E-state index contributed by atoms with van der Waals surface area (Å²) in [6.45, 7) is -1.21. The molecule has 11 heteroatoms. The maximum atomic E-state index is 10.8. The average molecular weight is 318 g/mol. The summed E-state index contributed by atoms with van der Waals surface area (Å²) < 4.78 is 40.2. The van der Waals surface area contributed by atoms with Gasteiger partial charge in [0.15, 0.2) is 6.29 Å². The molecule has 1 aliphatic rings. The molecule has 0 unspecified atom stereocenters. The summed E-state index contributed by atoms with van der Waals surface area (Å²) in [5.74, 6) is -1.01. The molecule has 0 amide bonds. The summed E-state index contributed by atoms with van der Waals surface area (Å²) >= 11 is 0. The Labute approximate surface area is 114 Å². The molecule has 0 radical (unpaired) electrons. The van der Waals surface area contributed by atoms with Crippen molar-refractivity contribution in [1.29, 1.82) is 0 Å². The molecule has 1 fully saturated rings. The van der Waals surface area contributed by atoms with Gasteiger partial charge in [-0.25, -0.2) is 0 Å². The first kappa shape index (κ1) is 17.7. The van der Waals surface area contributed by atoms with Gasteiger partial charge in [-0.05, 0) is 0 Å². The molecule has 6 N–H and O–H groups in total. The van der Waals surface area contributed by atoms with Gasteiger partial charge in [0.05, 0.1) is 13.2 Å². The molecule has 1 aliphatic heterocycles. The van der Waals surface area contributed by atoms with Gasteiger partial charge in [-0.15, -0.1) is 0 Å². The van der Waals surface area contributed by atoms with Crippen LogP contribution in [0, 0.1) is 0 Å². The highest BCUT2D eigenvalue weighted by molar-refractivity contribution is 7.85. The lowest BCUT2D eigenvalue weighted by atomic mass is 10.00. The van der Waals surface area contributed by atoms with E-state index in [1.54, 1.807) is 0 Å². The normalized spacial score (nSPS) is 35.5. The molecule has 1 saturated heterocycles. The van der Waals surface area contributed by atoms with E-state index in [0.29, 0.717) is 0 Å². The van der Waals surface area contributed by atoms with Crippen molar-refractivity contribution < 1.29 is 48.0 Å². The second kappa shape index (κ2) is 7.06. The van der Waals surface area contributed by atoms with E-state index < -0.39 is 65.9 Å². The number of rotatable bonds is 6. The molecule has 0 spiro atoms. The van der Waals surface area contributed by atoms with Crippen molar-refractivity contribution in [2.75, 3.05) is 19.0 Å². The van der Waals surface area contributed by atoms with Gasteiger partial charge < -0.3 is 35.0 Å². The topological polar surface area (TPSA) is 174 Å². The fourth-order valence-electron chi connectivity index (χ4n) is 1.71. The smallest absolute Gasteiger partial charge is 0.267 e. The van der Waals surface area contributed by atoms with Crippen molar-refractivity contribution in [3.8, 4) is 0 Å². The van der Waals surface area contributed by atoms with Gasteiger partial charge >= 0.3 is 0 Å². The number of hydrogen-bond donors (Lipinski definition) is 6. The first-order valence-electron chi connectivity index (χ1n) is 5.71. The largest absolute Gasteiger partial charge is 0.394 e. The molecular formula is C9H18O10S. The number of aliphatic hydroxyl groups excluding tert-OH is 5. The van der Waals surface area contributed by atoms with Crippen molar-refractivity contribution in [2.45, 2.75) is 36.8 Å². The van der Waals surface area contributed by atoms with Crippen molar-refractivity contribution in [2.24, 2.45) is 0 Å². The van der Waals surface area contributed by atoms with Crippen LogP contribution in [0.3, 0.4) is 0 Å². The molecule has 1 rings (SSSR count). The van der Waals surface area contributed by atoms with Crippen LogP contribution in [-0.2, 0) is 19.6 Å². The lowest BCUT2D eigenvalue weighted by molar-refractivity contribution is -0.307.